The van der Waals surface area contributed by atoms with E-state index in [2.05, 4.69) is 33.0 Å². The third kappa shape index (κ3) is 2.68. The van der Waals surface area contributed by atoms with Crippen LogP contribution in [-0.2, 0) is 13.0 Å². The zero-order chi connectivity index (χ0) is 9.64. The fourth-order valence-corrected chi connectivity index (χ4v) is 1.95. The highest BCUT2D eigenvalue weighted by Gasteiger charge is 1.94. The van der Waals surface area contributed by atoms with Gasteiger partial charge in [-0.2, -0.15) is 5.10 Å². The van der Waals surface area contributed by atoms with E-state index in [0.29, 0.717) is 0 Å². The summed E-state index contributed by atoms with van der Waals surface area (Å²) in [6.45, 7) is 1.95. The second-order valence-corrected chi connectivity index (χ2v) is 4.12. The maximum Gasteiger partial charge on any atom is 0.0490 e. The Labute approximate surface area is 87.2 Å². The van der Waals surface area contributed by atoms with Crippen LogP contribution in [-0.4, -0.2) is 16.7 Å². The molecule has 2 aromatic rings. The van der Waals surface area contributed by atoms with E-state index in [1.54, 1.807) is 17.5 Å². The predicted molar refractivity (Wildman–Crippen MR) is 58.3 cm³/mol. The van der Waals surface area contributed by atoms with Gasteiger partial charge in [0.15, 0.2) is 0 Å². The Bertz CT molecular complexity index is 303. The number of nitrogens with zero attached hydrogens (tertiary/aromatic N) is 1. The van der Waals surface area contributed by atoms with Crippen molar-refractivity contribution >= 4 is 11.3 Å². The normalized spacial score (nSPS) is 10.6. The molecule has 0 amide bonds. The average Bonchev–Trinajstić information content (AvgIpc) is 2.86. The Hall–Kier alpha value is -1.13. The molecule has 0 atom stereocenters. The lowest BCUT2D eigenvalue weighted by atomic mass is 10.3. The first-order valence-corrected chi connectivity index (χ1v) is 5.54. The highest BCUT2D eigenvalue weighted by Crippen LogP contribution is 2.07. The maximum absolute atomic E-state index is 3.90. The number of thiophene rings is 1. The lowest BCUT2D eigenvalue weighted by Crippen LogP contribution is -2.16. The Morgan fingerprint density at radius 2 is 2.43 bits per heavy atom. The van der Waals surface area contributed by atoms with Gasteiger partial charge >= 0.3 is 0 Å². The number of aromatic nitrogens is 2. The SMILES string of the molecule is c1csc(CNCCc2ccn[nH]2)c1. The van der Waals surface area contributed by atoms with Crippen molar-refractivity contribution in [2.45, 2.75) is 13.0 Å². The largest absolute Gasteiger partial charge is 0.311 e. The first-order valence-electron chi connectivity index (χ1n) is 4.66. The summed E-state index contributed by atoms with van der Waals surface area (Å²) in [4.78, 5) is 1.38. The van der Waals surface area contributed by atoms with Crippen molar-refractivity contribution in [3.63, 3.8) is 0 Å². The molecule has 2 aromatic heterocycles. The molecule has 0 bridgehead atoms. The van der Waals surface area contributed by atoms with Gasteiger partial charge < -0.3 is 5.32 Å². The molecule has 0 aliphatic heterocycles. The average molecular weight is 207 g/mol. The Morgan fingerprint density at radius 3 is 3.14 bits per heavy atom. The first-order chi connectivity index (χ1) is 6.95. The molecule has 0 aromatic carbocycles. The summed E-state index contributed by atoms with van der Waals surface area (Å²) < 4.78 is 0. The van der Waals surface area contributed by atoms with E-state index in [9.17, 15) is 0 Å². The van der Waals surface area contributed by atoms with Gasteiger partial charge in [-0.1, -0.05) is 6.07 Å². The van der Waals surface area contributed by atoms with E-state index >= 15 is 0 Å². The number of hydrogen-bond donors (Lipinski definition) is 2. The van der Waals surface area contributed by atoms with Crippen LogP contribution in [0.4, 0.5) is 0 Å². The van der Waals surface area contributed by atoms with Crippen molar-refractivity contribution in [2.75, 3.05) is 6.54 Å². The topological polar surface area (TPSA) is 40.7 Å². The molecular formula is C10H13N3S. The zero-order valence-electron chi connectivity index (χ0n) is 7.86. The molecule has 4 heteroatoms. The molecule has 0 spiro atoms. The number of nitrogens with one attached hydrogen (secondary N) is 2. The molecule has 2 N–H and O–H groups in total. The smallest absolute Gasteiger partial charge is 0.0490 e. The van der Waals surface area contributed by atoms with Gasteiger partial charge in [-0.25, -0.2) is 0 Å². The Kier molecular flexibility index (Phi) is 3.32. The number of rotatable bonds is 5. The van der Waals surface area contributed by atoms with Gasteiger partial charge in [-0.05, 0) is 17.5 Å². The molecule has 0 aliphatic rings. The van der Waals surface area contributed by atoms with Crippen LogP contribution >= 0.6 is 11.3 Å². The van der Waals surface area contributed by atoms with Gasteiger partial charge in [0, 0.05) is 36.3 Å². The number of H-pyrrole nitrogens is 1. The van der Waals surface area contributed by atoms with E-state index in [1.165, 1.54) is 10.6 Å². The summed E-state index contributed by atoms with van der Waals surface area (Å²) in [5.74, 6) is 0. The maximum atomic E-state index is 3.90. The van der Waals surface area contributed by atoms with Gasteiger partial charge in [0.05, 0.1) is 0 Å². The van der Waals surface area contributed by atoms with Gasteiger partial charge in [-0.15, -0.1) is 11.3 Å². The van der Waals surface area contributed by atoms with Crippen LogP contribution < -0.4 is 5.32 Å². The second-order valence-electron chi connectivity index (χ2n) is 3.09. The highest BCUT2D eigenvalue weighted by atomic mass is 32.1. The lowest BCUT2D eigenvalue weighted by molar-refractivity contribution is 0.685. The van der Waals surface area contributed by atoms with Crippen molar-refractivity contribution < 1.29 is 0 Å². The minimum absolute atomic E-state index is 0.964. The number of aromatic amines is 1. The van der Waals surface area contributed by atoms with Gasteiger partial charge in [0.25, 0.3) is 0 Å². The van der Waals surface area contributed by atoms with Crippen LogP contribution in [0.1, 0.15) is 10.6 Å². The molecule has 14 heavy (non-hydrogen) atoms. The fraction of sp³-hybridized carbons (Fsp3) is 0.300. The Balaban J connectivity index is 1.65. The molecule has 0 radical (unpaired) electrons. The highest BCUT2D eigenvalue weighted by molar-refractivity contribution is 7.09. The zero-order valence-corrected chi connectivity index (χ0v) is 8.68. The van der Waals surface area contributed by atoms with Crippen LogP contribution in [0, 0.1) is 0 Å². The van der Waals surface area contributed by atoms with Crippen molar-refractivity contribution in [3.05, 3.63) is 40.3 Å². The molecular weight excluding hydrogens is 194 g/mol. The van der Waals surface area contributed by atoms with Crippen LogP contribution in [0.2, 0.25) is 0 Å². The minimum Gasteiger partial charge on any atom is -0.311 e. The summed E-state index contributed by atoms with van der Waals surface area (Å²) in [5, 5.41) is 12.3. The summed E-state index contributed by atoms with van der Waals surface area (Å²) in [6, 6.07) is 6.23. The van der Waals surface area contributed by atoms with E-state index in [4.69, 9.17) is 0 Å². The third-order valence-electron chi connectivity index (χ3n) is 2.01. The van der Waals surface area contributed by atoms with Crippen LogP contribution in [0.5, 0.6) is 0 Å². The molecule has 3 nitrogen and oxygen atoms in total. The molecule has 0 saturated carbocycles. The van der Waals surface area contributed by atoms with Gasteiger partial charge in [0.2, 0.25) is 0 Å². The number of hydrogen-bond acceptors (Lipinski definition) is 3. The van der Waals surface area contributed by atoms with Gasteiger partial charge in [-0.3, -0.25) is 5.10 Å². The standard InChI is InChI=1S/C10H13N3S/c1-2-10(14-7-1)8-11-5-3-9-4-6-12-13-9/h1-2,4,6-7,11H,3,5,8H2,(H,12,13). The molecule has 2 heterocycles. The quantitative estimate of drug-likeness (QED) is 0.734. The van der Waals surface area contributed by atoms with Crippen molar-refractivity contribution in [3.8, 4) is 0 Å². The molecule has 0 unspecified atom stereocenters. The van der Waals surface area contributed by atoms with Crippen LogP contribution in [0.3, 0.4) is 0 Å². The molecule has 74 valence electrons. The van der Waals surface area contributed by atoms with Crippen molar-refractivity contribution in [1.29, 1.82) is 0 Å². The second kappa shape index (κ2) is 4.93. The van der Waals surface area contributed by atoms with E-state index in [-0.39, 0.29) is 0 Å². The van der Waals surface area contributed by atoms with Gasteiger partial charge in [0.1, 0.15) is 0 Å². The van der Waals surface area contributed by atoms with Crippen LogP contribution in [0.25, 0.3) is 0 Å². The van der Waals surface area contributed by atoms with E-state index < -0.39 is 0 Å². The molecule has 0 fully saturated rings. The summed E-state index contributed by atoms with van der Waals surface area (Å²) in [7, 11) is 0. The summed E-state index contributed by atoms with van der Waals surface area (Å²) in [5.41, 5.74) is 1.18. The van der Waals surface area contributed by atoms with E-state index in [0.717, 1.165) is 19.5 Å². The monoisotopic (exact) mass is 207 g/mol. The predicted octanol–water partition coefficient (Wildman–Crippen LogP) is 1.80. The van der Waals surface area contributed by atoms with Crippen molar-refractivity contribution in [1.82, 2.24) is 15.5 Å². The molecule has 0 aliphatic carbocycles. The molecule has 2 rings (SSSR count). The van der Waals surface area contributed by atoms with E-state index in [1.807, 2.05) is 6.07 Å². The molecule has 0 saturated heterocycles. The van der Waals surface area contributed by atoms with Crippen LogP contribution in [0.15, 0.2) is 29.8 Å². The summed E-state index contributed by atoms with van der Waals surface area (Å²) in [6.07, 6.45) is 2.79. The Morgan fingerprint density at radius 1 is 1.43 bits per heavy atom. The summed E-state index contributed by atoms with van der Waals surface area (Å²) >= 11 is 1.79. The third-order valence-corrected chi connectivity index (χ3v) is 2.89. The minimum atomic E-state index is 0.964. The first kappa shape index (κ1) is 9.43. The van der Waals surface area contributed by atoms with Crippen molar-refractivity contribution in [2.24, 2.45) is 0 Å². The lowest BCUT2D eigenvalue weighted by Gasteiger charge is -2.00. The fourth-order valence-electron chi connectivity index (χ4n) is 1.27.